The zero-order chi connectivity index (χ0) is 17.8. The van der Waals surface area contributed by atoms with Crippen LogP contribution in [0.4, 0.5) is 0 Å². The fourth-order valence-electron chi connectivity index (χ4n) is 3.18. The van der Waals surface area contributed by atoms with Gasteiger partial charge in [0.25, 0.3) is 5.91 Å². The normalized spacial score (nSPS) is 16.8. The largest absolute Gasteiger partial charge is 0.497 e. The summed E-state index contributed by atoms with van der Waals surface area (Å²) in [5.74, 6) is 2.05. The minimum absolute atomic E-state index is 0.0502. The van der Waals surface area contributed by atoms with Crippen LogP contribution in [0.1, 0.15) is 29.0 Å². The van der Waals surface area contributed by atoms with E-state index in [1.165, 1.54) is 16.7 Å². The van der Waals surface area contributed by atoms with Gasteiger partial charge in [0.2, 0.25) is 0 Å². The first-order chi connectivity index (χ1) is 12.1. The number of nitrogens with zero attached hydrogens (tertiary/aromatic N) is 1. The zero-order valence-electron chi connectivity index (χ0n) is 15.1. The van der Waals surface area contributed by atoms with Crippen LogP contribution in [0.5, 0.6) is 11.5 Å². The van der Waals surface area contributed by atoms with Crippen molar-refractivity contribution in [3.8, 4) is 11.5 Å². The quantitative estimate of drug-likeness (QED) is 0.834. The second kappa shape index (κ2) is 7.60. The molecular weight excluding hydrogens is 314 g/mol. The van der Waals surface area contributed by atoms with E-state index in [4.69, 9.17) is 9.47 Å². The van der Waals surface area contributed by atoms with Gasteiger partial charge in [0, 0.05) is 19.0 Å². The van der Waals surface area contributed by atoms with E-state index in [-0.39, 0.29) is 12.5 Å². The highest BCUT2D eigenvalue weighted by Crippen LogP contribution is 2.28. The van der Waals surface area contributed by atoms with E-state index < -0.39 is 0 Å². The average Bonchev–Trinajstić information content (AvgIpc) is 3.13. The summed E-state index contributed by atoms with van der Waals surface area (Å²) in [6, 6.07) is 14.0. The van der Waals surface area contributed by atoms with E-state index in [1.807, 2.05) is 42.2 Å². The Balaban J connectivity index is 1.54. The lowest BCUT2D eigenvalue weighted by Crippen LogP contribution is -2.32. The average molecular weight is 339 g/mol. The van der Waals surface area contributed by atoms with Gasteiger partial charge >= 0.3 is 0 Å². The molecule has 1 unspecified atom stereocenters. The minimum Gasteiger partial charge on any atom is -0.497 e. The highest BCUT2D eigenvalue weighted by atomic mass is 16.5. The molecule has 1 saturated heterocycles. The molecule has 0 radical (unpaired) electrons. The molecule has 4 heteroatoms. The van der Waals surface area contributed by atoms with Crippen molar-refractivity contribution in [3.63, 3.8) is 0 Å². The van der Waals surface area contributed by atoms with Crippen LogP contribution < -0.4 is 9.47 Å². The highest BCUT2D eigenvalue weighted by Gasteiger charge is 2.27. The fourth-order valence-corrected chi connectivity index (χ4v) is 3.18. The van der Waals surface area contributed by atoms with Gasteiger partial charge in [0.05, 0.1) is 7.11 Å². The third-order valence-electron chi connectivity index (χ3n) is 4.97. The number of aryl methyl sites for hydroxylation is 2. The molecule has 2 aromatic carbocycles. The van der Waals surface area contributed by atoms with Crippen molar-refractivity contribution >= 4 is 5.91 Å². The summed E-state index contributed by atoms with van der Waals surface area (Å²) in [6.45, 7) is 5.74. The zero-order valence-corrected chi connectivity index (χ0v) is 15.1. The van der Waals surface area contributed by atoms with Crippen molar-refractivity contribution in [1.29, 1.82) is 0 Å². The predicted octanol–water partition coefficient (Wildman–Crippen LogP) is 3.71. The van der Waals surface area contributed by atoms with Crippen molar-refractivity contribution in [2.75, 3.05) is 26.8 Å². The van der Waals surface area contributed by atoms with E-state index in [0.717, 1.165) is 31.0 Å². The Morgan fingerprint density at radius 3 is 2.48 bits per heavy atom. The Morgan fingerprint density at radius 2 is 1.80 bits per heavy atom. The lowest BCUT2D eigenvalue weighted by Gasteiger charge is -2.17. The van der Waals surface area contributed by atoms with E-state index in [2.05, 4.69) is 19.1 Å². The number of amides is 1. The number of hydrogen-bond acceptors (Lipinski definition) is 3. The molecule has 0 saturated carbocycles. The van der Waals surface area contributed by atoms with E-state index >= 15 is 0 Å². The molecule has 0 aliphatic carbocycles. The van der Waals surface area contributed by atoms with Gasteiger partial charge in [-0.05, 0) is 61.2 Å². The molecule has 1 fully saturated rings. The van der Waals surface area contributed by atoms with Crippen molar-refractivity contribution in [3.05, 3.63) is 59.2 Å². The van der Waals surface area contributed by atoms with Crippen LogP contribution in [-0.4, -0.2) is 37.6 Å². The molecule has 1 heterocycles. The topological polar surface area (TPSA) is 38.8 Å². The number of likely N-dealkylation sites (tertiary alicyclic amines) is 1. The van der Waals surface area contributed by atoms with Gasteiger partial charge in [-0.1, -0.05) is 18.2 Å². The van der Waals surface area contributed by atoms with E-state index in [0.29, 0.717) is 5.92 Å². The van der Waals surface area contributed by atoms with Gasteiger partial charge in [-0.25, -0.2) is 0 Å². The number of carbonyl (C=O) groups is 1. The summed E-state index contributed by atoms with van der Waals surface area (Å²) >= 11 is 0. The molecule has 0 N–H and O–H groups in total. The van der Waals surface area contributed by atoms with Gasteiger partial charge in [-0.15, -0.1) is 0 Å². The molecule has 0 spiro atoms. The number of rotatable bonds is 5. The Hall–Kier alpha value is -2.49. The molecule has 3 rings (SSSR count). The minimum atomic E-state index is 0.0502. The summed E-state index contributed by atoms with van der Waals surface area (Å²) in [5.41, 5.74) is 3.65. The molecule has 1 aliphatic rings. The monoisotopic (exact) mass is 339 g/mol. The van der Waals surface area contributed by atoms with E-state index in [9.17, 15) is 4.79 Å². The second-order valence-electron chi connectivity index (χ2n) is 6.63. The van der Waals surface area contributed by atoms with Gasteiger partial charge < -0.3 is 14.4 Å². The van der Waals surface area contributed by atoms with Gasteiger partial charge in [-0.3, -0.25) is 4.79 Å². The van der Waals surface area contributed by atoms with Crippen LogP contribution in [0.2, 0.25) is 0 Å². The Bertz CT molecular complexity index is 739. The Kier molecular flexibility index (Phi) is 5.27. The van der Waals surface area contributed by atoms with Crippen molar-refractivity contribution < 1.29 is 14.3 Å². The van der Waals surface area contributed by atoms with Crippen molar-refractivity contribution in [1.82, 2.24) is 4.90 Å². The van der Waals surface area contributed by atoms with Crippen molar-refractivity contribution in [2.45, 2.75) is 26.2 Å². The fraction of sp³-hybridized carbons (Fsp3) is 0.381. The summed E-state index contributed by atoms with van der Waals surface area (Å²) in [5, 5.41) is 0. The molecule has 0 bridgehead atoms. The number of hydrogen-bond donors (Lipinski definition) is 0. The molecule has 4 nitrogen and oxygen atoms in total. The first-order valence-corrected chi connectivity index (χ1v) is 8.68. The molecule has 25 heavy (non-hydrogen) atoms. The van der Waals surface area contributed by atoms with Gasteiger partial charge in [0.15, 0.2) is 6.61 Å². The number of carbonyl (C=O) groups excluding carboxylic acids is 1. The second-order valence-corrected chi connectivity index (χ2v) is 6.63. The third kappa shape index (κ3) is 4.13. The number of ether oxygens (including phenoxy) is 2. The van der Waals surface area contributed by atoms with Crippen LogP contribution in [-0.2, 0) is 4.79 Å². The molecule has 0 aromatic heterocycles. The maximum absolute atomic E-state index is 12.4. The molecule has 2 aromatic rings. The number of benzene rings is 2. The summed E-state index contributed by atoms with van der Waals surface area (Å²) in [7, 11) is 1.67. The predicted molar refractivity (Wildman–Crippen MR) is 98.3 cm³/mol. The first-order valence-electron chi connectivity index (χ1n) is 8.68. The van der Waals surface area contributed by atoms with Crippen LogP contribution in [0, 0.1) is 13.8 Å². The summed E-state index contributed by atoms with van der Waals surface area (Å²) in [6.07, 6.45) is 0.988. The lowest BCUT2D eigenvalue weighted by molar-refractivity contribution is -0.132. The maximum atomic E-state index is 12.4. The molecule has 132 valence electrons. The van der Waals surface area contributed by atoms with Gasteiger partial charge in [-0.2, -0.15) is 0 Å². The molecule has 1 atom stereocenters. The van der Waals surface area contributed by atoms with Crippen LogP contribution in [0.3, 0.4) is 0 Å². The summed E-state index contributed by atoms with van der Waals surface area (Å²) < 4.78 is 10.9. The van der Waals surface area contributed by atoms with Gasteiger partial charge in [0.1, 0.15) is 11.5 Å². The van der Waals surface area contributed by atoms with Crippen molar-refractivity contribution in [2.24, 2.45) is 0 Å². The first kappa shape index (κ1) is 17.3. The lowest BCUT2D eigenvalue weighted by atomic mass is 9.98. The molecular formula is C21H25NO3. The highest BCUT2D eigenvalue weighted by molar-refractivity contribution is 5.78. The van der Waals surface area contributed by atoms with E-state index in [1.54, 1.807) is 7.11 Å². The Morgan fingerprint density at radius 1 is 1.08 bits per heavy atom. The molecule has 1 aliphatic heterocycles. The smallest absolute Gasteiger partial charge is 0.260 e. The Labute approximate surface area is 149 Å². The van der Waals surface area contributed by atoms with Crippen LogP contribution in [0.25, 0.3) is 0 Å². The number of methoxy groups -OCH3 is 1. The maximum Gasteiger partial charge on any atom is 0.260 e. The SMILES string of the molecule is COc1ccc(C2CCN(C(=O)COc3ccc(C)c(C)c3)C2)cc1. The molecule has 1 amide bonds. The van der Waals surface area contributed by atoms with Crippen LogP contribution >= 0.6 is 0 Å². The third-order valence-corrected chi connectivity index (χ3v) is 4.97. The summed E-state index contributed by atoms with van der Waals surface area (Å²) in [4.78, 5) is 14.3. The standard InChI is InChI=1S/C21H25NO3/c1-15-4-7-20(12-16(15)2)25-14-21(23)22-11-10-18(13-22)17-5-8-19(24-3)9-6-17/h4-9,12,18H,10-11,13-14H2,1-3H3. The van der Waals surface area contributed by atoms with Crippen LogP contribution in [0.15, 0.2) is 42.5 Å².